The van der Waals surface area contributed by atoms with Gasteiger partial charge in [-0.15, -0.1) is 12.4 Å². The molecule has 2 N–H and O–H groups in total. The summed E-state index contributed by atoms with van der Waals surface area (Å²) < 4.78 is 1.15. The SMILES string of the molecule is Brc1ccc2[nH]cc([C@H]3CCCCN3)c2c1.Cl. The lowest BCUT2D eigenvalue weighted by molar-refractivity contribution is 0.414. The lowest BCUT2D eigenvalue weighted by Crippen LogP contribution is -2.26. The zero-order chi connectivity index (χ0) is 11.0. The molecule has 1 fully saturated rings. The van der Waals surface area contributed by atoms with Crippen molar-refractivity contribution < 1.29 is 0 Å². The number of fused-ring (bicyclic) bond motifs is 1. The van der Waals surface area contributed by atoms with Crippen LogP contribution >= 0.6 is 28.3 Å². The van der Waals surface area contributed by atoms with Crippen molar-refractivity contribution in [3.63, 3.8) is 0 Å². The first-order valence-electron chi connectivity index (χ1n) is 5.84. The predicted molar refractivity (Wildman–Crippen MR) is 77.8 cm³/mol. The Labute approximate surface area is 116 Å². The Morgan fingerprint density at radius 3 is 2.88 bits per heavy atom. The van der Waals surface area contributed by atoms with Gasteiger partial charge in [0.15, 0.2) is 0 Å². The zero-order valence-corrected chi connectivity index (χ0v) is 11.9. The van der Waals surface area contributed by atoms with Gasteiger partial charge in [0.05, 0.1) is 0 Å². The number of aromatic amines is 1. The number of piperidine rings is 1. The van der Waals surface area contributed by atoms with Crippen LogP contribution in [0.1, 0.15) is 30.9 Å². The standard InChI is InChI=1S/C13H15BrN2.ClH/c14-9-4-5-13-10(7-9)11(8-16-13)12-3-1-2-6-15-12;/h4-5,7-8,12,15-16H,1-3,6H2;1H/t12-;/m1./s1. The summed E-state index contributed by atoms with van der Waals surface area (Å²) in [6.45, 7) is 1.14. The third-order valence-electron chi connectivity index (χ3n) is 3.36. The molecule has 92 valence electrons. The molecule has 0 unspecified atom stereocenters. The van der Waals surface area contributed by atoms with E-state index in [1.807, 2.05) is 0 Å². The Balaban J connectivity index is 0.00000108. The number of hydrogen-bond donors (Lipinski definition) is 2. The highest BCUT2D eigenvalue weighted by Crippen LogP contribution is 2.30. The molecule has 0 amide bonds. The van der Waals surface area contributed by atoms with E-state index in [1.54, 1.807) is 0 Å². The lowest BCUT2D eigenvalue weighted by atomic mass is 9.97. The minimum absolute atomic E-state index is 0. The molecule has 2 nitrogen and oxygen atoms in total. The molecule has 0 bridgehead atoms. The molecule has 4 heteroatoms. The summed E-state index contributed by atoms with van der Waals surface area (Å²) in [7, 11) is 0. The molecule has 1 aliphatic heterocycles. The van der Waals surface area contributed by atoms with Crippen molar-refractivity contribution in [2.45, 2.75) is 25.3 Å². The van der Waals surface area contributed by atoms with E-state index >= 15 is 0 Å². The largest absolute Gasteiger partial charge is 0.361 e. The third kappa shape index (κ3) is 2.51. The van der Waals surface area contributed by atoms with Crippen LogP contribution in [0.15, 0.2) is 28.9 Å². The van der Waals surface area contributed by atoms with E-state index in [4.69, 9.17) is 0 Å². The topological polar surface area (TPSA) is 27.8 Å². The van der Waals surface area contributed by atoms with Crippen molar-refractivity contribution in [2.75, 3.05) is 6.54 Å². The molecule has 1 saturated heterocycles. The number of aromatic nitrogens is 1. The molecule has 2 aromatic rings. The maximum atomic E-state index is 3.60. The Hall–Kier alpha value is -0.510. The summed E-state index contributed by atoms with van der Waals surface area (Å²) in [5.41, 5.74) is 2.64. The predicted octanol–water partition coefficient (Wildman–Crippen LogP) is 4.17. The molecule has 17 heavy (non-hydrogen) atoms. The van der Waals surface area contributed by atoms with E-state index in [2.05, 4.69) is 50.6 Å². The molecule has 1 aromatic carbocycles. The van der Waals surface area contributed by atoms with Crippen molar-refractivity contribution in [2.24, 2.45) is 0 Å². The molecule has 1 aliphatic rings. The van der Waals surface area contributed by atoms with Crippen LogP contribution in [0, 0.1) is 0 Å². The average molecular weight is 316 g/mol. The normalized spacial score (nSPS) is 20.2. The molecule has 1 aromatic heterocycles. The summed E-state index contributed by atoms with van der Waals surface area (Å²) >= 11 is 3.54. The minimum Gasteiger partial charge on any atom is -0.361 e. The second-order valence-corrected chi connectivity index (χ2v) is 5.35. The van der Waals surface area contributed by atoms with Crippen molar-refractivity contribution in [1.29, 1.82) is 0 Å². The molecule has 1 atom stereocenters. The van der Waals surface area contributed by atoms with Crippen LogP contribution in [-0.4, -0.2) is 11.5 Å². The van der Waals surface area contributed by atoms with Gasteiger partial charge in [0.2, 0.25) is 0 Å². The van der Waals surface area contributed by atoms with Crippen LogP contribution < -0.4 is 5.32 Å². The van der Waals surface area contributed by atoms with Gasteiger partial charge in [-0.25, -0.2) is 0 Å². The van der Waals surface area contributed by atoms with Crippen molar-refractivity contribution in [3.05, 3.63) is 34.4 Å². The highest BCUT2D eigenvalue weighted by Gasteiger charge is 2.17. The zero-order valence-electron chi connectivity index (χ0n) is 9.50. The molecule has 0 spiro atoms. The fraction of sp³-hybridized carbons (Fsp3) is 0.385. The quantitative estimate of drug-likeness (QED) is 0.812. The first-order chi connectivity index (χ1) is 7.84. The van der Waals surface area contributed by atoms with Gasteiger partial charge in [-0.3, -0.25) is 0 Å². The molecule has 0 radical (unpaired) electrons. The fourth-order valence-electron chi connectivity index (χ4n) is 2.52. The van der Waals surface area contributed by atoms with E-state index in [0.717, 1.165) is 11.0 Å². The number of benzene rings is 1. The van der Waals surface area contributed by atoms with E-state index in [9.17, 15) is 0 Å². The smallest absolute Gasteiger partial charge is 0.0458 e. The second-order valence-electron chi connectivity index (χ2n) is 4.44. The average Bonchev–Trinajstić information content (AvgIpc) is 2.73. The third-order valence-corrected chi connectivity index (χ3v) is 3.85. The van der Waals surface area contributed by atoms with Crippen LogP contribution in [0.25, 0.3) is 10.9 Å². The Bertz CT molecular complexity index is 503. The molecule has 2 heterocycles. The summed E-state index contributed by atoms with van der Waals surface area (Å²) in [5, 5.41) is 4.94. The van der Waals surface area contributed by atoms with Crippen LogP contribution in [0.3, 0.4) is 0 Å². The highest BCUT2D eigenvalue weighted by molar-refractivity contribution is 9.10. The number of rotatable bonds is 1. The van der Waals surface area contributed by atoms with Gasteiger partial charge in [-0.2, -0.15) is 0 Å². The van der Waals surface area contributed by atoms with E-state index in [0.29, 0.717) is 6.04 Å². The maximum absolute atomic E-state index is 3.60. The van der Waals surface area contributed by atoms with Gasteiger partial charge >= 0.3 is 0 Å². The Morgan fingerprint density at radius 2 is 2.12 bits per heavy atom. The Kier molecular flexibility index (Phi) is 4.13. The van der Waals surface area contributed by atoms with Gasteiger partial charge in [0, 0.05) is 27.6 Å². The summed E-state index contributed by atoms with van der Waals surface area (Å²) in [6, 6.07) is 6.94. The second kappa shape index (κ2) is 5.42. The van der Waals surface area contributed by atoms with Gasteiger partial charge in [0.1, 0.15) is 0 Å². The van der Waals surface area contributed by atoms with Crippen LogP contribution in [-0.2, 0) is 0 Å². The summed E-state index contributed by atoms with van der Waals surface area (Å²) in [5.74, 6) is 0. The first kappa shape index (κ1) is 12.9. The molecule has 0 aliphatic carbocycles. The summed E-state index contributed by atoms with van der Waals surface area (Å²) in [6.07, 6.45) is 6.04. The molecular weight excluding hydrogens is 300 g/mol. The number of halogens is 2. The van der Waals surface area contributed by atoms with Crippen LogP contribution in [0.5, 0.6) is 0 Å². The number of hydrogen-bond acceptors (Lipinski definition) is 1. The van der Waals surface area contributed by atoms with E-state index in [-0.39, 0.29) is 12.4 Å². The van der Waals surface area contributed by atoms with Crippen LogP contribution in [0.2, 0.25) is 0 Å². The monoisotopic (exact) mass is 314 g/mol. The van der Waals surface area contributed by atoms with Gasteiger partial charge in [-0.1, -0.05) is 22.4 Å². The van der Waals surface area contributed by atoms with E-state index in [1.165, 1.54) is 35.7 Å². The van der Waals surface area contributed by atoms with Crippen molar-refractivity contribution >= 4 is 39.2 Å². The van der Waals surface area contributed by atoms with Crippen LogP contribution in [0.4, 0.5) is 0 Å². The highest BCUT2D eigenvalue weighted by atomic mass is 79.9. The molecular formula is C13H16BrClN2. The summed E-state index contributed by atoms with van der Waals surface area (Å²) in [4.78, 5) is 3.35. The van der Waals surface area contributed by atoms with E-state index < -0.39 is 0 Å². The number of H-pyrrole nitrogens is 1. The minimum atomic E-state index is 0. The van der Waals surface area contributed by atoms with Crippen molar-refractivity contribution in [3.8, 4) is 0 Å². The van der Waals surface area contributed by atoms with Gasteiger partial charge in [-0.05, 0) is 43.1 Å². The first-order valence-corrected chi connectivity index (χ1v) is 6.64. The van der Waals surface area contributed by atoms with Gasteiger partial charge in [0.25, 0.3) is 0 Å². The molecule has 3 rings (SSSR count). The number of nitrogens with one attached hydrogen (secondary N) is 2. The van der Waals surface area contributed by atoms with Crippen molar-refractivity contribution in [1.82, 2.24) is 10.3 Å². The fourth-order valence-corrected chi connectivity index (χ4v) is 2.88. The molecule has 0 saturated carbocycles. The maximum Gasteiger partial charge on any atom is 0.0458 e. The lowest BCUT2D eigenvalue weighted by Gasteiger charge is -2.23. The Morgan fingerprint density at radius 1 is 1.24 bits per heavy atom. The van der Waals surface area contributed by atoms with Gasteiger partial charge < -0.3 is 10.3 Å².